The molecule has 160 valence electrons. The molecule has 3 aromatic rings. The van der Waals surface area contributed by atoms with Crippen LogP contribution >= 0.6 is 15.9 Å². The second kappa shape index (κ2) is 8.63. The third kappa shape index (κ3) is 3.99. The van der Waals surface area contributed by atoms with Crippen molar-refractivity contribution in [2.75, 3.05) is 6.54 Å². The number of carbonyl (C=O) groups is 3. The average Bonchev–Trinajstić information content (AvgIpc) is 3.24. The van der Waals surface area contributed by atoms with E-state index < -0.39 is 0 Å². The van der Waals surface area contributed by atoms with Crippen molar-refractivity contribution in [1.29, 1.82) is 0 Å². The summed E-state index contributed by atoms with van der Waals surface area (Å²) in [4.78, 5) is 43.4. The normalized spacial score (nSPS) is 14.2. The standard InChI is InChI=1S/C23H23BrN4O3/c1-3-27-19-8-5-4-7-18(19)26-21(27)14(2)25-20(29)9-6-12-28-22(30)16-11-10-15(24)13-17(16)23(28)31/h4-5,7-8,10-11,13-14H,3,6,9,12H2,1-2H3,(H,25,29). The maximum Gasteiger partial charge on any atom is 0.261 e. The minimum atomic E-state index is -0.313. The van der Waals surface area contributed by atoms with Crippen LogP contribution in [0.5, 0.6) is 0 Å². The number of nitrogens with zero attached hydrogens (tertiary/aromatic N) is 3. The van der Waals surface area contributed by atoms with E-state index in [0.29, 0.717) is 17.5 Å². The minimum Gasteiger partial charge on any atom is -0.346 e. The van der Waals surface area contributed by atoms with Crippen LogP contribution in [0.3, 0.4) is 0 Å². The van der Waals surface area contributed by atoms with Gasteiger partial charge in [0.25, 0.3) is 11.8 Å². The summed E-state index contributed by atoms with van der Waals surface area (Å²) in [5.41, 5.74) is 2.75. The highest BCUT2D eigenvalue weighted by molar-refractivity contribution is 9.10. The molecule has 0 saturated heterocycles. The molecule has 0 aliphatic carbocycles. The summed E-state index contributed by atoms with van der Waals surface area (Å²) in [7, 11) is 0. The lowest BCUT2D eigenvalue weighted by atomic mass is 10.1. The van der Waals surface area contributed by atoms with Gasteiger partial charge in [0.2, 0.25) is 5.91 Å². The summed E-state index contributed by atoms with van der Waals surface area (Å²) in [6, 6.07) is 12.7. The molecule has 1 atom stereocenters. The van der Waals surface area contributed by atoms with E-state index in [1.807, 2.05) is 38.1 Å². The Morgan fingerprint density at radius 3 is 2.65 bits per heavy atom. The van der Waals surface area contributed by atoms with Crippen LogP contribution in [0.15, 0.2) is 46.9 Å². The van der Waals surface area contributed by atoms with E-state index in [1.54, 1.807) is 18.2 Å². The van der Waals surface area contributed by atoms with Crippen molar-refractivity contribution in [2.45, 2.75) is 39.3 Å². The van der Waals surface area contributed by atoms with Gasteiger partial charge in [0.1, 0.15) is 5.82 Å². The van der Waals surface area contributed by atoms with Gasteiger partial charge in [0.05, 0.1) is 28.2 Å². The third-order valence-corrected chi connectivity index (χ3v) is 5.98. The summed E-state index contributed by atoms with van der Waals surface area (Å²) in [5, 5.41) is 2.99. The van der Waals surface area contributed by atoms with E-state index in [0.717, 1.165) is 27.9 Å². The Hall–Kier alpha value is -3.00. The van der Waals surface area contributed by atoms with Crippen molar-refractivity contribution < 1.29 is 14.4 Å². The maximum atomic E-state index is 12.5. The predicted molar refractivity (Wildman–Crippen MR) is 121 cm³/mol. The molecule has 8 heteroatoms. The van der Waals surface area contributed by atoms with Crippen molar-refractivity contribution in [3.63, 3.8) is 0 Å². The molecule has 3 amide bonds. The zero-order valence-corrected chi connectivity index (χ0v) is 19.0. The van der Waals surface area contributed by atoms with E-state index in [2.05, 4.69) is 30.8 Å². The zero-order valence-electron chi connectivity index (χ0n) is 17.4. The lowest BCUT2D eigenvalue weighted by molar-refractivity contribution is -0.121. The fourth-order valence-corrected chi connectivity index (χ4v) is 4.36. The summed E-state index contributed by atoms with van der Waals surface area (Å²) >= 11 is 3.33. The van der Waals surface area contributed by atoms with Crippen LogP contribution in [-0.2, 0) is 11.3 Å². The molecule has 4 rings (SSSR count). The molecule has 2 heterocycles. The first-order chi connectivity index (χ1) is 14.9. The zero-order chi connectivity index (χ0) is 22.1. The largest absolute Gasteiger partial charge is 0.346 e. The van der Waals surface area contributed by atoms with Gasteiger partial charge >= 0.3 is 0 Å². The van der Waals surface area contributed by atoms with Gasteiger partial charge < -0.3 is 9.88 Å². The predicted octanol–water partition coefficient (Wildman–Crippen LogP) is 4.07. The first-order valence-electron chi connectivity index (χ1n) is 10.3. The molecule has 1 N–H and O–H groups in total. The molecule has 0 saturated carbocycles. The Morgan fingerprint density at radius 1 is 1.13 bits per heavy atom. The number of imide groups is 1. The van der Waals surface area contributed by atoms with Crippen LogP contribution < -0.4 is 5.32 Å². The Balaban J connectivity index is 1.35. The number of hydrogen-bond donors (Lipinski definition) is 1. The number of benzene rings is 2. The van der Waals surface area contributed by atoms with Crippen LogP contribution in [0.25, 0.3) is 11.0 Å². The highest BCUT2D eigenvalue weighted by atomic mass is 79.9. The molecule has 0 spiro atoms. The molecule has 31 heavy (non-hydrogen) atoms. The van der Waals surface area contributed by atoms with E-state index in [-0.39, 0.29) is 36.7 Å². The summed E-state index contributed by atoms with van der Waals surface area (Å²) in [6.45, 7) is 4.92. The highest BCUT2D eigenvalue weighted by Gasteiger charge is 2.35. The van der Waals surface area contributed by atoms with Crippen molar-refractivity contribution in [2.24, 2.45) is 0 Å². The van der Waals surface area contributed by atoms with Gasteiger partial charge in [-0.15, -0.1) is 0 Å². The third-order valence-electron chi connectivity index (χ3n) is 5.48. The molecule has 2 aromatic carbocycles. The van der Waals surface area contributed by atoms with Gasteiger partial charge in [0, 0.05) is 24.0 Å². The SMILES string of the molecule is CCn1c(C(C)NC(=O)CCCN2C(=O)c3ccc(Br)cc3C2=O)nc2ccccc21. The first-order valence-corrected chi connectivity index (χ1v) is 11.1. The smallest absolute Gasteiger partial charge is 0.261 e. The van der Waals surface area contributed by atoms with E-state index in [4.69, 9.17) is 0 Å². The molecule has 1 aromatic heterocycles. The van der Waals surface area contributed by atoms with Gasteiger partial charge in [-0.25, -0.2) is 4.98 Å². The lowest BCUT2D eigenvalue weighted by Crippen LogP contribution is -2.33. The van der Waals surface area contributed by atoms with Crippen molar-refractivity contribution in [3.05, 3.63) is 63.9 Å². The molecular formula is C23H23BrN4O3. The Labute approximate surface area is 188 Å². The molecular weight excluding hydrogens is 460 g/mol. The molecule has 1 unspecified atom stereocenters. The topological polar surface area (TPSA) is 84.3 Å². The molecule has 1 aliphatic heterocycles. The molecule has 0 fully saturated rings. The fourth-order valence-electron chi connectivity index (χ4n) is 4.00. The lowest BCUT2D eigenvalue weighted by Gasteiger charge is -2.16. The number of nitrogens with one attached hydrogen (secondary N) is 1. The number of hydrogen-bond acceptors (Lipinski definition) is 4. The number of rotatable bonds is 7. The van der Waals surface area contributed by atoms with Crippen molar-refractivity contribution in [1.82, 2.24) is 19.8 Å². The summed E-state index contributed by atoms with van der Waals surface area (Å²) in [5.74, 6) is 0.0502. The Kier molecular flexibility index (Phi) is 5.91. The summed E-state index contributed by atoms with van der Waals surface area (Å²) in [6.07, 6.45) is 0.614. The molecule has 0 bridgehead atoms. The van der Waals surface area contributed by atoms with E-state index >= 15 is 0 Å². The second-order valence-corrected chi connectivity index (χ2v) is 8.46. The minimum absolute atomic E-state index is 0.137. The number of fused-ring (bicyclic) bond motifs is 2. The first kappa shape index (κ1) is 21.2. The Bertz CT molecular complexity index is 1190. The molecule has 1 aliphatic rings. The quantitative estimate of drug-likeness (QED) is 0.514. The van der Waals surface area contributed by atoms with Gasteiger partial charge in [-0.3, -0.25) is 19.3 Å². The van der Waals surface area contributed by atoms with Gasteiger partial charge in [-0.05, 0) is 50.6 Å². The number of imidazole rings is 1. The van der Waals surface area contributed by atoms with Gasteiger partial charge in [-0.1, -0.05) is 28.1 Å². The van der Waals surface area contributed by atoms with Crippen LogP contribution in [0.2, 0.25) is 0 Å². The number of aryl methyl sites for hydroxylation is 1. The van der Waals surface area contributed by atoms with Gasteiger partial charge in [-0.2, -0.15) is 0 Å². The Morgan fingerprint density at radius 2 is 1.87 bits per heavy atom. The number of carbonyl (C=O) groups excluding carboxylic acids is 3. The fraction of sp³-hybridized carbons (Fsp3) is 0.304. The number of aromatic nitrogens is 2. The number of amides is 3. The van der Waals surface area contributed by atoms with E-state index in [1.165, 1.54) is 4.90 Å². The van der Waals surface area contributed by atoms with E-state index in [9.17, 15) is 14.4 Å². The van der Waals surface area contributed by atoms with Crippen LogP contribution in [0, 0.1) is 0 Å². The van der Waals surface area contributed by atoms with Crippen molar-refractivity contribution in [3.8, 4) is 0 Å². The number of halogens is 1. The van der Waals surface area contributed by atoms with Crippen molar-refractivity contribution >= 4 is 44.7 Å². The monoisotopic (exact) mass is 482 g/mol. The average molecular weight is 483 g/mol. The summed E-state index contributed by atoms with van der Waals surface area (Å²) < 4.78 is 2.85. The molecule has 0 radical (unpaired) electrons. The van der Waals surface area contributed by atoms with Crippen LogP contribution in [-0.4, -0.2) is 38.7 Å². The second-order valence-electron chi connectivity index (χ2n) is 7.55. The van der Waals surface area contributed by atoms with Gasteiger partial charge in [0.15, 0.2) is 0 Å². The van der Waals surface area contributed by atoms with Crippen LogP contribution in [0.1, 0.15) is 59.3 Å². The molecule has 7 nitrogen and oxygen atoms in total. The number of para-hydroxylation sites is 2. The van der Waals surface area contributed by atoms with Crippen LogP contribution in [0.4, 0.5) is 0 Å². The maximum absolute atomic E-state index is 12.5. The highest BCUT2D eigenvalue weighted by Crippen LogP contribution is 2.26.